The van der Waals surface area contributed by atoms with E-state index in [4.69, 9.17) is 14.2 Å². The van der Waals surface area contributed by atoms with E-state index >= 15 is 0 Å². The number of hydrogen-bond acceptors (Lipinski definition) is 5. The number of rotatable bonds is 4. The van der Waals surface area contributed by atoms with Crippen LogP contribution in [0.4, 0.5) is 0 Å². The van der Waals surface area contributed by atoms with Crippen molar-refractivity contribution in [2.24, 2.45) is 0 Å². The molecular formula is C24H26N2O5. The smallest absolute Gasteiger partial charge is 0.267 e. The quantitative estimate of drug-likeness (QED) is 0.755. The fraction of sp³-hybridized carbons (Fsp3) is 0.417. The van der Waals surface area contributed by atoms with Gasteiger partial charge in [0.05, 0.1) is 0 Å². The third-order valence-corrected chi connectivity index (χ3v) is 6.16. The van der Waals surface area contributed by atoms with Crippen LogP contribution in [0.3, 0.4) is 0 Å². The van der Waals surface area contributed by atoms with Crippen LogP contribution in [0.25, 0.3) is 0 Å². The zero-order valence-electron chi connectivity index (χ0n) is 17.4. The number of hydrogen-bond donors (Lipinski definition) is 0. The maximum Gasteiger partial charge on any atom is 0.267 e. The maximum atomic E-state index is 12.8. The lowest BCUT2D eigenvalue weighted by atomic mass is 10.1. The first kappa shape index (κ1) is 19.7. The van der Waals surface area contributed by atoms with Crippen molar-refractivity contribution in [1.82, 2.24) is 9.80 Å². The molecule has 1 saturated heterocycles. The number of aryl methyl sites for hydroxylation is 2. The number of fused-ring (bicyclic) bond motifs is 2. The van der Waals surface area contributed by atoms with E-state index in [2.05, 4.69) is 12.1 Å². The van der Waals surface area contributed by atoms with Crippen molar-refractivity contribution in [3.05, 3.63) is 53.6 Å². The lowest BCUT2D eigenvalue weighted by molar-refractivity contribution is -0.146. The molecule has 0 N–H and O–H groups in total. The van der Waals surface area contributed by atoms with Crippen LogP contribution in [0.2, 0.25) is 0 Å². The van der Waals surface area contributed by atoms with Crippen LogP contribution in [0.15, 0.2) is 42.5 Å². The van der Waals surface area contributed by atoms with E-state index in [1.165, 1.54) is 17.5 Å². The molecule has 0 radical (unpaired) electrons. The van der Waals surface area contributed by atoms with Gasteiger partial charge in [-0.25, -0.2) is 0 Å². The van der Waals surface area contributed by atoms with Gasteiger partial charge in [0.1, 0.15) is 12.4 Å². The summed E-state index contributed by atoms with van der Waals surface area (Å²) < 4.78 is 17.2. The molecule has 31 heavy (non-hydrogen) atoms. The van der Waals surface area contributed by atoms with Gasteiger partial charge in [-0.3, -0.25) is 9.59 Å². The van der Waals surface area contributed by atoms with E-state index in [-0.39, 0.29) is 25.0 Å². The summed E-state index contributed by atoms with van der Waals surface area (Å²) in [6.07, 6.45) is 2.74. The maximum absolute atomic E-state index is 12.8. The van der Waals surface area contributed by atoms with E-state index in [0.29, 0.717) is 37.7 Å². The molecule has 1 aliphatic carbocycles. The first-order valence-corrected chi connectivity index (χ1v) is 10.9. The molecule has 5 rings (SSSR count). The number of piperazine rings is 1. The van der Waals surface area contributed by atoms with Gasteiger partial charge in [0, 0.05) is 26.2 Å². The third kappa shape index (κ3) is 4.17. The van der Waals surface area contributed by atoms with Gasteiger partial charge in [-0.1, -0.05) is 18.2 Å². The third-order valence-electron chi connectivity index (χ3n) is 6.16. The molecule has 0 aromatic heterocycles. The van der Waals surface area contributed by atoms with Crippen molar-refractivity contribution in [2.45, 2.75) is 25.4 Å². The molecule has 2 heterocycles. The molecule has 3 aliphatic rings. The number of carbonyl (C=O) groups is 2. The largest absolute Gasteiger partial charge is 0.485 e. The number of nitrogens with zero attached hydrogens (tertiary/aromatic N) is 2. The van der Waals surface area contributed by atoms with Crippen LogP contribution >= 0.6 is 0 Å². The predicted molar refractivity (Wildman–Crippen MR) is 113 cm³/mol. The summed E-state index contributed by atoms with van der Waals surface area (Å²) in [6.45, 7) is 2.15. The summed E-state index contributed by atoms with van der Waals surface area (Å²) in [5.74, 6) is 1.84. The van der Waals surface area contributed by atoms with Gasteiger partial charge in [0.25, 0.3) is 11.8 Å². The molecule has 2 aliphatic heterocycles. The Labute approximate surface area is 181 Å². The SMILES string of the molecule is O=C(COc1ccc2c(c1)CCC2)N1CCN(C(=O)[C@@H]2COc3ccccc3O2)CC1. The summed E-state index contributed by atoms with van der Waals surface area (Å²) in [5, 5.41) is 0. The second-order valence-electron chi connectivity index (χ2n) is 8.14. The predicted octanol–water partition coefficient (Wildman–Crippen LogP) is 2.06. The van der Waals surface area contributed by atoms with E-state index in [1.807, 2.05) is 24.3 Å². The summed E-state index contributed by atoms with van der Waals surface area (Å²) in [6, 6.07) is 13.4. The lowest BCUT2D eigenvalue weighted by Gasteiger charge is -2.37. The van der Waals surface area contributed by atoms with Gasteiger partial charge in [-0.05, 0) is 54.7 Å². The summed E-state index contributed by atoms with van der Waals surface area (Å²) >= 11 is 0. The van der Waals surface area contributed by atoms with Gasteiger partial charge in [-0.2, -0.15) is 0 Å². The van der Waals surface area contributed by atoms with Crippen LogP contribution in [0.1, 0.15) is 17.5 Å². The highest BCUT2D eigenvalue weighted by Gasteiger charge is 2.33. The minimum absolute atomic E-state index is 0.0170. The average Bonchev–Trinajstić information content (AvgIpc) is 3.30. The van der Waals surface area contributed by atoms with Crippen molar-refractivity contribution in [2.75, 3.05) is 39.4 Å². The molecule has 7 heteroatoms. The zero-order chi connectivity index (χ0) is 21.2. The van der Waals surface area contributed by atoms with Crippen molar-refractivity contribution in [1.29, 1.82) is 0 Å². The van der Waals surface area contributed by atoms with Crippen LogP contribution in [-0.2, 0) is 22.4 Å². The molecule has 162 valence electrons. The van der Waals surface area contributed by atoms with E-state index in [9.17, 15) is 9.59 Å². The van der Waals surface area contributed by atoms with Crippen molar-refractivity contribution in [3.63, 3.8) is 0 Å². The Morgan fingerprint density at radius 1 is 0.935 bits per heavy atom. The average molecular weight is 422 g/mol. The van der Waals surface area contributed by atoms with Gasteiger partial charge in [0.15, 0.2) is 18.1 Å². The Balaban J connectivity index is 1.10. The molecule has 0 bridgehead atoms. The minimum atomic E-state index is -0.653. The highest BCUT2D eigenvalue weighted by atomic mass is 16.6. The number of benzene rings is 2. The van der Waals surface area contributed by atoms with Gasteiger partial charge in [0.2, 0.25) is 6.10 Å². The normalized spacial score (nSPS) is 19.7. The molecule has 2 aromatic rings. The fourth-order valence-corrected chi connectivity index (χ4v) is 4.40. The van der Waals surface area contributed by atoms with E-state index < -0.39 is 6.10 Å². The first-order valence-electron chi connectivity index (χ1n) is 10.9. The van der Waals surface area contributed by atoms with Crippen molar-refractivity contribution >= 4 is 11.8 Å². The van der Waals surface area contributed by atoms with Gasteiger partial charge >= 0.3 is 0 Å². The van der Waals surface area contributed by atoms with Crippen molar-refractivity contribution < 1.29 is 23.8 Å². The number of para-hydroxylation sites is 2. The van der Waals surface area contributed by atoms with E-state index in [0.717, 1.165) is 18.6 Å². The minimum Gasteiger partial charge on any atom is -0.485 e. The standard InChI is InChI=1S/C24H26N2O5/c27-23(16-29-19-9-8-17-4-3-5-18(17)14-19)25-10-12-26(13-11-25)24(28)22-15-30-20-6-1-2-7-21(20)31-22/h1-2,6-9,14,22H,3-5,10-13,15-16H2/t22-/m0/s1. The number of carbonyl (C=O) groups excluding carboxylic acids is 2. The summed E-state index contributed by atoms with van der Waals surface area (Å²) in [4.78, 5) is 28.9. The second kappa shape index (κ2) is 8.49. The Kier molecular flexibility index (Phi) is 5.40. The monoisotopic (exact) mass is 422 g/mol. The van der Waals surface area contributed by atoms with Crippen LogP contribution < -0.4 is 14.2 Å². The second-order valence-corrected chi connectivity index (χ2v) is 8.14. The molecule has 7 nitrogen and oxygen atoms in total. The Bertz CT molecular complexity index is 984. The van der Waals surface area contributed by atoms with Crippen LogP contribution in [0.5, 0.6) is 17.2 Å². The molecule has 0 unspecified atom stereocenters. The Hall–Kier alpha value is -3.22. The highest BCUT2D eigenvalue weighted by molar-refractivity contribution is 5.83. The lowest BCUT2D eigenvalue weighted by Crippen LogP contribution is -2.55. The molecule has 0 saturated carbocycles. The summed E-state index contributed by atoms with van der Waals surface area (Å²) in [5.41, 5.74) is 2.71. The van der Waals surface area contributed by atoms with Crippen LogP contribution in [-0.4, -0.2) is 67.1 Å². The zero-order valence-corrected chi connectivity index (χ0v) is 17.4. The fourth-order valence-electron chi connectivity index (χ4n) is 4.40. The molecule has 1 fully saturated rings. The number of ether oxygens (including phenoxy) is 3. The van der Waals surface area contributed by atoms with E-state index in [1.54, 1.807) is 15.9 Å². The van der Waals surface area contributed by atoms with Crippen molar-refractivity contribution in [3.8, 4) is 17.2 Å². The molecule has 2 amide bonds. The topological polar surface area (TPSA) is 68.3 Å². The first-order chi connectivity index (χ1) is 15.2. The summed E-state index contributed by atoms with van der Waals surface area (Å²) in [7, 11) is 0. The Morgan fingerprint density at radius 2 is 1.68 bits per heavy atom. The molecule has 1 atom stereocenters. The molecule has 0 spiro atoms. The Morgan fingerprint density at radius 3 is 2.52 bits per heavy atom. The van der Waals surface area contributed by atoms with Gasteiger partial charge in [-0.15, -0.1) is 0 Å². The number of amides is 2. The van der Waals surface area contributed by atoms with Gasteiger partial charge < -0.3 is 24.0 Å². The van der Waals surface area contributed by atoms with Crippen LogP contribution in [0, 0.1) is 0 Å². The molecule has 2 aromatic carbocycles. The molecular weight excluding hydrogens is 396 g/mol. The highest BCUT2D eigenvalue weighted by Crippen LogP contribution is 2.31.